The van der Waals surface area contributed by atoms with Gasteiger partial charge in [0.2, 0.25) is 0 Å². The Morgan fingerprint density at radius 2 is 1.94 bits per heavy atom. The number of halogens is 2. The molecule has 0 spiro atoms. The highest BCUT2D eigenvalue weighted by Crippen LogP contribution is 2.09. The van der Waals surface area contributed by atoms with E-state index < -0.39 is 6.43 Å². The van der Waals surface area contributed by atoms with Crippen LogP contribution in [0.2, 0.25) is 0 Å². The summed E-state index contributed by atoms with van der Waals surface area (Å²) in [6.45, 7) is 0.0230. The Balaban J connectivity index is 2.65. The van der Waals surface area contributed by atoms with E-state index in [0.717, 1.165) is 5.56 Å². The van der Waals surface area contributed by atoms with E-state index in [-0.39, 0.29) is 25.5 Å². The van der Waals surface area contributed by atoms with Crippen molar-refractivity contribution in [1.82, 2.24) is 4.90 Å². The van der Waals surface area contributed by atoms with E-state index in [1.807, 2.05) is 0 Å². The Bertz CT molecular complexity index is 381. The average molecular weight is 257 g/mol. The lowest BCUT2D eigenvalue weighted by molar-refractivity contribution is 0.0746. The fourth-order valence-corrected chi connectivity index (χ4v) is 1.62. The van der Waals surface area contributed by atoms with Gasteiger partial charge in [0.05, 0.1) is 13.2 Å². The van der Waals surface area contributed by atoms with Gasteiger partial charge in [0, 0.05) is 18.7 Å². The first-order valence-corrected chi connectivity index (χ1v) is 5.57. The Hall–Kier alpha value is -1.53. The Morgan fingerprint density at radius 3 is 2.39 bits per heavy atom. The van der Waals surface area contributed by atoms with E-state index in [2.05, 4.69) is 0 Å². The number of benzene rings is 1. The van der Waals surface area contributed by atoms with Crippen LogP contribution in [-0.4, -0.2) is 42.0 Å². The van der Waals surface area contributed by atoms with Gasteiger partial charge in [0.25, 0.3) is 6.43 Å². The van der Waals surface area contributed by atoms with Gasteiger partial charge in [-0.2, -0.15) is 0 Å². The van der Waals surface area contributed by atoms with Crippen LogP contribution >= 0.6 is 0 Å². The molecule has 0 atom stereocenters. The topological polar surface area (TPSA) is 73.3 Å². The number of rotatable bonds is 7. The zero-order valence-electron chi connectivity index (χ0n) is 9.94. The highest BCUT2D eigenvalue weighted by Gasteiger charge is 2.12. The SMILES string of the molecule is N=C(N)c1ccc(CN(CCO)CC(F)F)cc1. The summed E-state index contributed by atoms with van der Waals surface area (Å²) < 4.78 is 24.6. The summed E-state index contributed by atoms with van der Waals surface area (Å²) in [5.74, 6) is -0.0265. The summed E-state index contributed by atoms with van der Waals surface area (Å²) in [7, 11) is 0. The third-order valence-electron chi connectivity index (χ3n) is 2.48. The maximum Gasteiger partial charge on any atom is 0.251 e. The molecule has 4 N–H and O–H groups in total. The molecule has 1 aromatic carbocycles. The summed E-state index contributed by atoms with van der Waals surface area (Å²) in [5.41, 5.74) is 6.76. The quantitative estimate of drug-likeness (QED) is 0.504. The number of nitrogens with zero attached hydrogens (tertiary/aromatic N) is 1. The molecule has 0 bridgehead atoms. The van der Waals surface area contributed by atoms with Crippen LogP contribution in [0.5, 0.6) is 0 Å². The molecule has 0 saturated heterocycles. The van der Waals surface area contributed by atoms with Crippen molar-refractivity contribution in [2.45, 2.75) is 13.0 Å². The zero-order chi connectivity index (χ0) is 13.5. The summed E-state index contributed by atoms with van der Waals surface area (Å²) >= 11 is 0. The molecule has 0 radical (unpaired) electrons. The molecule has 1 rings (SSSR count). The van der Waals surface area contributed by atoms with Crippen LogP contribution in [0.3, 0.4) is 0 Å². The van der Waals surface area contributed by atoms with E-state index in [1.165, 1.54) is 4.90 Å². The number of nitrogen functional groups attached to an aromatic ring is 1. The number of amidine groups is 1. The first-order valence-electron chi connectivity index (χ1n) is 5.57. The monoisotopic (exact) mass is 257 g/mol. The van der Waals surface area contributed by atoms with Crippen molar-refractivity contribution in [3.05, 3.63) is 35.4 Å². The molecular formula is C12H17F2N3O. The molecular weight excluding hydrogens is 240 g/mol. The lowest BCUT2D eigenvalue weighted by Crippen LogP contribution is -2.31. The van der Waals surface area contributed by atoms with Gasteiger partial charge in [-0.1, -0.05) is 24.3 Å². The van der Waals surface area contributed by atoms with Gasteiger partial charge in [-0.15, -0.1) is 0 Å². The van der Waals surface area contributed by atoms with Gasteiger partial charge in [0.1, 0.15) is 5.84 Å². The lowest BCUT2D eigenvalue weighted by atomic mass is 10.1. The second kappa shape index (κ2) is 7.03. The summed E-state index contributed by atoms with van der Waals surface area (Å²) in [4.78, 5) is 1.48. The molecule has 0 aliphatic rings. The average Bonchev–Trinajstić information content (AvgIpc) is 2.29. The highest BCUT2D eigenvalue weighted by molar-refractivity contribution is 5.94. The van der Waals surface area contributed by atoms with Crippen LogP contribution in [0.4, 0.5) is 8.78 Å². The number of nitrogens with two attached hydrogens (primary N) is 1. The standard InChI is InChI=1S/C12H17F2N3O/c13-11(14)8-17(5-6-18)7-9-1-3-10(4-2-9)12(15)16/h1-4,11,18H,5-8H2,(H3,15,16). The molecule has 0 aliphatic carbocycles. The van der Waals surface area contributed by atoms with Crippen molar-refractivity contribution in [2.24, 2.45) is 5.73 Å². The van der Waals surface area contributed by atoms with Crippen LogP contribution in [0.1, 0.15) is 11.1 Å². The van der Waals surface area contributed by atoms with Gasteiger partial charge < -0.3 is 10.8 Å². The number of aliphatic hydroxyl groups is 1. The minimum atomic E-state index is -2.42. The molecule has 4 nitrogen and oxygen atoms in total. The zero-order valence-corrected chi connectivity index (χ0v) is 9.94. The van der Waals surface area contributed by atoms with Crippen LogP contribution in [0.25, 0.3) is 0 Å². The van der Waals surface area contributed by atoms with Crippen molar-refractivity contribution in [1.29, 1.82) is 5.41 Å². The van der Waals surface area contributed by atoms with Crippen molar-refractivity contribution >= 4 is 5.84 Å². The van der Waals surface area contributed by atoms with Crippen molar-refractivity contribution in [3.63, 3.8) is 0 Å². The first kappa shape index (κ1) is 14.5. The number of nitrogens with one attached hydrogen (secondary N) is 1. The fraction of sp³-hybridized carbons (Fsp3) is 0.417. The molecule has 0 unspecified atom stereocenters. The molecule has 6 heteroatoms. The van der Waals surface area contributed by atoms with E-state index in [0.29, 0.717) is 12.1 Å². The number of alkyl halides is 2. The summed E-state index contributed by atoms with van der Waals surface area (Å²) in [6.07, 6.45) is -2.42. The maximum absolute atomic E-state index is 12.3. The van der Waals surface area contributed by atoms with Crippen LogP contribution in [-0.2, 0) is 6.54 Å². The first-order chi connectivity index (χ1) is 8.52. The third kappa shape index (κ3) is 4.77. The molecule has 0 aromatic heterocycles. The third-order valence-corrected chi connectivity index (χ3v) is 2.48. The van der Waals surface area contributed by atoms with Crippen LogP contribution in [0.15, 0.2) is 24.3 Å². The second-order valence-electron chi connectivity index (χ2n) is 3.96. The van der Waals surface area contributed by atoms with Gasteiger partial charge in [0.15, 0.2) is 0 Å². The van der Waals surface area contributed by atoms with Crippen molar-refractivity contribution in [2.75, 3.05) is 19.7 Å². The molecule has 0 heterocycles. The molecule has 0 amide bonds. The molecule has 0 saturated carbocycles. The molecule has 18 heavy (non-hydrogen) atoms. The number of hydrogen-bond acceptors (Lipinski definition) is 3. The number of hydrogen-bond donors (Lipinski definition) is 3. The largest absolute Gasteiger partial charge is 0.395 e. The normalized spacial score (nSPS) is 11.2. The number of aliphatic hydroxyl groups excluding tert-OH is 1. The Morgan fingerprint density at radius 1 is 1.33 bits per heavy atom. The predicted octanol–water partition coefficient (Wildman–Crippen LogP) is 1.03. The fourth-order valence-electron chi connectivity index (χ4n) is 1.62. The van der Waals surface area contributed by atoms with Crippen molar-refractivity contribution in [3.8, 4) is 0 Å². The molecule has 100 valence electrons. The molecule has 0 aliphatic heterocycles. The minimum absolute atomic E-state index is 0.0265. The van der Waals surface area contributed by atoms with Crippen molar-refractivity contribution < 1.29 is 13.9 Å². The van der Waals surface area contributed by atoms with Crippen LogP contribution in [0, 0.1) is 5.41 Å². The Labute approximate surface area is 105 Å². The molecule has 1 aromatic rings. The van der Waals surface area contributed by atoms with Crippen LogP contribution < -0.4 is 5.73 Å². The van der Waals surface area contributed by atoms with E-state index in [4.69, 9.17) is 16.2 Å². The second-order valence-corrected chi connectivity index (χ2v) is 3.96. The maximum atomic E-state index is 12.3. The van der Waals surface area contributed by atoms with E-state index in [1.54, 1.807) is 24.3 Å². The van der Waals surface area contributed by atoms with Gasteiger partial charge in [-0.05, 0) is 5.56 Å². The summed E-state index contributed by atoms with van der Waals surface area (Å²) in [6, 6.07) is 6.84. The highest BCUT2D eigenvalue weighted by atomic mass is 19.3. The van der Waals surface area contributed by atoms with E-state index in [9.17, 15) is 8.78 Å². The Kier molecular flexibility index (Phi) is 5.67. The van der Waals surface area contributed by atoms with Gasteiger partial charge >= 0.3 is 0 Å². The predicted molar refractivity (Wildman–Crippen MR) is 65.8 cm³/mol. The minimum Gasteiger partial charge on any atom is -0.395 e. The van der Waals surface area contributed by atoms with Gasteiger partial charge in [-0.3, -0.25) is 10.3 Å². The smallest absolute Gasteiger partial charge is 0.251 e. The molecule has 0 fully saturated rings. The van der Waals surface area contributed by atoms with E-state index >= 15 is 0 Å². The summed E-state index contributed by atoms with van der Waals surface area (Å²) in [5, 5.41) is 16.1. The lowest BCUT2D eigenvalue weighted by Gasteiger charge is -2.20. The van der Waals surface area contributed by atoms with Gasteiger partial charge in [-0.25, -0.2) is 8.78 Å².